The molecule has 0 bridgehead atoms. The van der Waals surface area contributed by atoms with Crippen LogP contribution in [0.3, 0.4) is 0 Å². The number of hydrogen-bond acceptors (Lipinski definition) is 3. The van der Waals surface area contributed by atoms with Crippen molar-refractivity contribution in [2.75, 3.05) is 18.0 Å². The molecule has 1 aliphatic heterocycles. The van der Waals surface area contributed by atoms with Crippen LogP contribution in [0.15, 0.2) is 28.7 Å². The summed E-state index contributed by atoms with van der Waals surface area (Å²) in [6, 6.07) is 11.3. The Labute approximate surface area is 117 Å². The SMILES string of the molecule is CC1CCNC(CC#N)CN1c1ccccc1Br. The Morgan fingerprint density at radius 3 is 3.00 bits per heavy atom. The summed E-state index contributed by atoms with van der Waals surface area (Å²) in [6.07, 6.45) is 1.66. The van der Waals surface area contributed by atoms with Crippen molar-refractivity contribution in [2.45, 2.75) is 31.8 Å². The van der Waals surface area contributed by atoms with Gasteiger partial charge in [0.05, 0.1) is 18.2 Å². The number of nitrogens with one attached hydrogen (secondary N) is 1. The minimum Gasteiger partial charge on any atom is -0.366 e. The van der Waals surface area contributed by atoms with Gasteiger partial charge in [0.1, 0.15) is 0 Å². The molecule has 96 valence electrons. The van der Waals surface area contributed by atoms with Gasteiger partial charge in [0, 0.05) is 23.1 Å². The molecule has 1 fully saturated rings. The van der Waals surface area contributed by atoms with Crippen LogP contribution in [0.4, 0.5) is 5.69 Å². The van der Waals surface area contributed by atoms with Gasteiger partial charge in [0.2, 0.25) is 0 Å². The van der Waals surface area contributed by atoms with Crippen molar-refractivity contribution in [1.82, 2.24) is 5.32 Å². The second-order valence-electron chi connectivity index (χ2n) is 4.75. The molecule has 2 unspecified atom stereocenters. The van der Waals surface area contributed by atoms with Crippen LogP contribution in [0.25, 0.3) is 0 Å². The molecule has 0 spiro atoms. The standard InChI is InChI=1S/C14H18BrN3/c1-11-7-9-17-12(6-8-16)10-18(11)14-5-3-2-4-13(14)15/h2-5,11-12,17H,6-7,9-10H2,1H3. The van der Waals surface area contributed by atoms with Crippen LogP contribution in [-0.4, -0.2) is 25.2 Å². The van der Waals surface area contributed by atoms with Gasteiger partial charge in [-0.15, -0.1) is 0 Å². The molecule has 2 rings (SSSR count). The van der Waals surface area contributed by atoms with E-state index in [0.717, 1.165) is 24.0 Å². The highest BCUT2D eigenvalue weighted by Gasteiger charge is 2.23. The molecule has 0 aromatic heterocycles. The highest BCUT2D eigenvalue weighted by molar-refractivity contribution is 9.10. The quantitative estimate of drug-likeness (QED) is 0.913. The molecular weight excluding hydrogens is 290 g/mol. The van der Waals surface area contributed by atoms with E-state index in [1.54, 1.807) is 0 Å². The highest BCUT2D eigenvalue weighted by Crippen LogP contribution is 2.29. The van der Waals surface area contributed by atoms with E-state index in [2.05, 4.69) is 57.3 Å². The molecule has 18 heavy (non-hydrogen) atoms. The number of nitriles is 1. The topological polar surface area (TPSA) is 39.1 Å². The molecule has 0 aliphatic carbocycles. The molecule has 0 saturated carbocycles. The van der Waals surface area contributed by atoms with Crippen LogP contribution >= 0.6 is 15.9 Å². The monoisotopic (exact) mass is 307 g/mol. The third-order valence-corrected chi connectivity index (χ3v) is 4.11. The maximum atomic E-state index is 8.87. The van der Waals surface area contributed by atoms with Gasteiger partial charge in [-0.1, -0.05) is 12.1 Å². The molecule has 1 aromatic carbocycles. The number of rotatable bonds is 2. The maximum Gasteiger partial charge on any atom is 0.0638 e. The summed E-state index contributed by atoms with van der Waals surface area (Å²) in [6.45, 7) is 4.11. The lowest BCUT2D eigenvalue weighted by atomic mass is 10.1. The molecule has 1 aliphatic rings. The van der Waals surface area contributed by atoms with E-state index in [9.17, 15) is 0 Å². The largest absolute Gasteiger partial charge is 0.366 e. The zero-order valence-corrected chi connectivity index (χ0v) is 12.2. The van der Waals surface area contributed by atoms with Crippen molar-refractivity contribution in [1.29, 1.82) is 5.26 Å². The van der Waals surface area contributed by atoms with Crippen molar-refractivity contribution in [3.05, 3.63) is 28.7 Å². The summed E-state index contributed by atoms with van der Waals surface area (Å²) in [4.78, 5) is 2.39. The number of nitrogens with zero attached hydrogens (tertiary/aromatic N) is 2. The van der Waals surface area contributed by atoms with E-state index in [1.165, 1.54) is 5.69 Å². The van der Waals surface area contributed by atoms with Crippen LogP contribution in [-0.2, 0) is 0 Å². The van der Waals surface area contributed by atoms with Crippen LogP contribution < -0.4 is 10.2 Å². The second kappa shape index (κ2) is 6.21. The first-order valence-electron chi connectivity index (χ1n) is 6.34. The molecule has 1 aromatic rings. The third-order valence-electron chi connectivity index (χ3n) is 3.44. The lowest BCUT2D eigenvalue weighted by Crippen LogP contribution is -2.40. The van der Waals surface area contributed by atoms with Gasteiger partial charge in [0.15, 0.2) is 0 Å². The van der Waals surface area contributed by atoms with Crippen LogP contribution in [0, 0.1) is 11.3 Å². The smallest absolute Gasteiger partial charge is 0.0638 e. The maximum absolute atomic E-state index is 8.87. The van der Waals surface area contributed by atoms with E-state index in [-0.39, 0.29) is 6.04 Å². The fourth-order valence-corrected chi connectivity index (χ4v) is 2.91. The normalized spacial score (nSPS) is 24.4. The van der Waals surface area contributed by atoms with Gasteiger partial charge in [-0.25, -0.2) is 0 Å². The summed E-state index contributed by atoms with van der Waals surface area (Å²) in [7, 11) is 0. The average Bonchev–Trinajstić information content (AvgIpc) is 2.53. The zero-order chi connectivity index (χ0) is 13.0. The van der Waals surface area contributed by atoms with Gasteiger partial charge in [0.25, 0.3) is 0 Å². The lowest BCUT2D eigenvalue weighted by molar-refractivity contribution is 0.552. The van der Waals surface area contributed by atoms with Crippen molar-refractivity contribution < 1.29 is 0 Å². The first kappa shape index (κ1) is 13.4. The predicted molar refractivity (Wildman–Crippen MR) is 77.6 cm³/mol. The Morgan fingerprint density at radius 2 is 2.28 bits per heavy atom. The van der Waals surface area contributed by atoms with E-state index in [0.29, 0.717) is 12.5 Å². The van der Waals surface area contributed by atoms with Gasteiger partial charge in [-0.2, -0.15) is 5.26 Å². The summed E-state index contributed by atoms with van der Waals surface area (Å²) < 4.78 is 1.12. The fourth-order valence-electron chi connectivity index (χ4n) is 2.40. The highest BCUT2D eigenvalue weighted by atomic mass is 79.9. The van der Waals surface area contributed by atoms with Crippen LogP contribution in [0.2, 0.25) is 0 Å². The molecule has 1 N–H and O–H groups in total. The molecule has 3 nitrogen and oxygen atoms in total. The summed E-state index contributed by atoms with van der Waals surface area (Å²) in [5.41, 5.74) is 1.22. The Balaban J connectivity index is 2.23. The predicted octanol–water partition coefficient (Wildman–Crippen LogP) is 2.92. The van der Waals surface area contributed by atoms with E-state index in [4.69, 9.17) is 5.26 Å². The minimum absolute atomic E-state index is 0.257. The van der Waals surface area contributed by atoms with Crippen molar-refractivity contribution in [2.24, 2.45) is 0 Å². The number of hydrogen-bond donors (Lipinski definition) is 1. The van der Waals surface area contributed by atoms with Gasteiger partial charge in [-0.3, -0.25) is 0 Å². The average molecular weight is 308 g/mol. The number of para-hydroxylation sites is 1. The summed E-state index contributed by atoms with van der Waals surface area (Å²) in [5.74, 6) is 0. The van der Waals surface area contributed by atoms with E-state index >= 15 is 0 Å². The fraction of sp³-hybridized carbons (Fsp3) is 0.500. The summed E-state index contributed by atoms with van der Waals surface area (Å²) >= 11 is 3.62. The van der Waals surface area contributed by atoms with Gasteiger partial charge in [-0.05, 0) is 48.0 Å². The zero-order valence-electron chi connectivity index (χ0n) is 10.6. The summed E-state index contributed by atoms with van der Waals surface area (Å²) in [5, 5.41) is 12.3. The van der Waals surface area contributed by atoms with Crippen LogP contribution in [0.5, 0.6) is 0 Å². The first-order chi connectivity index (χ1) is 8.72. The van der Waals surface area contributed by atoms with E-state index < -0.39 is 0 Å². The van der Waals surface area contributed by atoms with Crippen molar-refractivity contribution >= 4 is 21.6 Å². The van der Waals surface area contributed by atoms with Gasteiger partial charge < -0.3 is 10.2 Å². The van der Waals surface area contributed by atoms with Crippen molar-refractivity contribution in [3.8, 4) is 6.07 Å². The minimum atomic E-state index is 0.257. The number of anilines is 1. The second-order valence-corrected chi connectivity index (χ2v) is 5.61. The van der Waals surface area contributed by atoms with Gasteiger partial charge >= 0.3 is 0 Å². The molecule has 0 radical (unpaired) electrons. The Hall–Kier alpha value is -1.05. The lowest BCUT2D eigenvalue weighted by Gasteiger charge is -2.31. The number of benzene rings is 1. The molecule has 1 saturated heterocycles. The first-order valence-corrected chi connectivity index (χ1v) is 7.13. The Kier molecular flexibility index (Phi) is 4.62. The van der Waals surface area contributed by atoms with E-state index in [1.807, 2.05) is 6.07 Å². The third kappa shape index (κ3) is 3.04. The van der Waals surface area contributed by atoms with Crippen LogP contribution in [0.1, 0.15) is 19.8 Å². The molecule has 1 heterocycles. The molecule has 2 atom stereocenters. The molecule has 0 amide bonds. The molecule has 4 heteroatoms. The number of halogens is 1. The van der Waals surface area contributed by atoms with Crippen molar-refractivity contribution in [3.63, 3.8) is 0 Å². The Morgan fingerprint density at radius 1 is 1.50 bits per heavy atom. The Bertz CT molecular complexity index is 441. The molecular formula is C14H18BrN3.